The van der Waals surface area contributed by atoms with Gasteiger partial charge < -0.3 is 10.6 Å². The molecule has 0 atom stereocenters. The van der Waals surface area contributed by atoms with Crippen molar-refractivity contribution in [1.82, 2.24) is 15.3 Å². The van der Waals surface area contributed by atoms with Gasteiger partial charge in [-0.05, 0) is 38.0 Å². The van der Waals surface area contributed by atoms with E-state index in [0.29, 0.717) is 23.9 Å². The fourth-order valence-corrected chi connectivity index (χ4v) is 2.59. The quantitative estimate of drug-likeness (QED) is 0.712. The first-order chi connectivity index (χ1) is 12.6. The molecule has 2 N–H and O–H groups in total. The molecular formula is C21H22N4O. The van der Waals surface area contributed by atoms with Gasteiger partial charge in [0.15, 0.2) is 0 Å². The van der Waals surface area contributed by atoms with Crippen molar-refractivity contribution >= 4 is 17.4 Å². The minimum absolute atomic E-state index is 0.196. The summed E-state index contributed by atoms with van der Waals surface area (Å²) in [4.78, 5) is 21.0. The van der Waals surface area contributed by atoms with Crippen molar-refractivity contribution in [3.63, 3.8) is 0 Å². The third-order valence-corrected chi connectivity index (χ3v) is 3.94. The average Bonchev–Trinajstić information content (AvgIpc) is 2.64. The lowest BCUT2D eigenvalue weighted by atomic mass is 10.1. The lowest BCUT2D eigenvalue weighted by Crippen LogP contribution is -2.27. The molecule has 3 rings (SSSR count). The maximum atomic E-state index is 12.4. The second-order valence-electron chi connectivity index (χ2n) is 6.17. The molecule has 0 spiro atoms. The molecule has 26 heavy (non-hydrogen) atoms. The predicted octanol–water partition coefficient (Wildman–Crippen LogP) is 3.81. The van der Waals surface area contributed by atoms with Gasteiger partial charge >= 0.3 is 0 Å². The van der Waals surface area contributed by atoms with Crippen LogP contribution in [0.1, 0.15) is 27.4 Å². The van der Waals surface area contributed by atoms with Gasteiger partial charge in [-0.2, -0.15) is 0 Å². The molecule has 2 aromatic carbocycles. The van der Waals surface area contributed by atoms with Gasteiger partial charge in [-0.1, -0.05) is 48.0 Å². The van der Waals surface area contributed by atoms with Crippen LogP contribution in [-0.2, 0) is 6.42 Å². The average molecular weight is 346 g/mol. The van der Waals surface area contributed by atoms with Crippen LogP contribution in [0, 0.1) is 13.8 Å². The first-order valence-corrected chi connectivity index (χ1v) is 8.62. The summed E-state index contributed by atoms with van der Waals surface area (Å²) in [5.41, 5.74) is 3.66. The molecule has 5 nitrogen and oxygen atoms in total. The van der Waals surface area contributed by atoms with E-state index in [1.54, 1.807) is 13.0 Å². The number of hydrogen-bond acceptors (Lipinski definition) is 4. The molecule has 0 saturated heterocycles. The molecule has 1 amide bonds. The minimum atomic E-state index is -0.196. The molecule has 0 unspecified atom stereocenters. The highest BCUT2D eigenvalue weighted by Crippen LogP contribution is 2.16. The summed E-state index contributed by atoms with van der Waals surface area (Å²) in [7, 11) is 0. The lowest BCUT2D eigenvalue weighted by Gasteiger charge is -2.09. The second-order valence-corrected chi connectivity index (χ2v) is 6.17. The van der Waals surface area contributed by atoms with E-state index in [1.807, 2.05) is 61.5 Å². The van der Waals surface area contributed by atoms with E-state index in [9.17, 15) is 4.79 Å². The second kappa shape index (κ2) is 8.25. The summed E-state index contributed by atoms with van der Waals surface area (Å²) in [5.74, 6) is 0.961. The predicted molar refractivity (Wildman–Crippen MR) is 104 cm³/mol. The van der Waals surface area contributed by atoms with Crippen LogP contribution in [0.5, 0.6) is 0 Å². The van der Waals surface area contributed by atoms with Gasteiger partial charge in [-0.3, -0.25) is 4.79 Å². The van der Waals surface area contributed by atoms with Crippen LogP contribution in [-0.4, -0.2) is 22.4 Å². The SMILES string of the molecule is Cc1ccc(Nc2cc(C(=O)NCCc3ccccc3)nc(C)n2)cc1. The minimum Gasteiger partial charge on any atom is -0.350 e. The van der Waals surface area contributed by atoms with Crippen molar-refractivity contribution in [2.45, 2.75) is 20.3 Å². The topological polar surface area (TPSA) is 66.9 Å². The summed E-state index contributed by atoms with van der Waals surface area (Å²) in [6, 6.07) is 19.7. The Hall–Kier alpha value is -3.21. The number of rotatable bonds is 6. The van der Waals surface area contributed by atoms with Crippen LogP contribution in [0.3, 0.4) is 0 Å². The van der Waals surface area contributed by atoms with Crippen molar-refractivity contribution in [3.05, 3.63) is 83.3 Å². The number of amides is 1. The van der Waals surface area contributed by atoms with Gasteiger partial charge in [0.05, 0.1) is 0 Å². The van der Waals surface area contributed by atoms with Crippen LogP contribution >= 0.6 is 0 Å². The Morgan fingerprint density at radius 3 is 2.42 bits per heavy atom. The van der Waals surface area contributed by atoms with Crippen LogP contribution in [0.4, 0.5) is 11.5 Å². The Bertz CT molecular complexity index is 876. The molecule has 0 bridgehead atoms. The summed E-state index contributed by atoms with van der Waals surface area (Å²) in [6.07, 6.45) is 0.783. The molecule has 1 heterocycles. The van der Waals surface area contributed by atoms with E-state index >= 15 is 0 Å². The van der Waals surface area contributed by atoms with Crippen molar-refractivity contribution < 1.29 is 4.79 Å². The number of hydrogen-bond donors (Lipinski definition) is 2. The molecule has 0 radical (unpaired) electrons. The summed E-state index contributed by atoms with van der Waals surface area (Å²) < 4.78 is 0. The molecule has 0 aliphatic rings. The number of aryl methyl sites for hydroxylation is 2. The zero-order chi connectivity index (χ0) is 18.4. The number of nitrogens with one attached hydrogen (secondary N) is 2. The van der Waals surface area contributed by atoms with E-state index in [-0.39, 0.29) is 5.91 Å². The van der Waals surface area contributed by atoms with Crippen LogP contribution in [0.2, 0.25) is 0 Å². The van der Waals surface area contributed by atoms with Crippen LogP contribution in [0.15, 0.2) is 60.7 Å². The Morgan fingerprint density at radius 2 is 1.69 bits per heavy atom. The number of aromatic nitrogens is 2. The van der Waals surface area contributed by atoms with Gasteiger partial charge in [0.1, 0.15) is 17.3 Å². The monoisotopic (exact) mass is 346 g/mol. The zero-order valence-electron chi connectivity index (χ0n) is 15.0. The maximum Gasteiger partial charge on any atom is 0.270 e. The number of carbonyl (C=O) groups excluding carboxylic acids is 1. The smallest absolute Gasteiger partial charge is 0.270 e. The van der Waals surface area contributed by atoms with E-state index < -0.39 is 0 Å². The van der Waals surface area contributed by atoms with Gasteiger partial charge in [-0.15, -0.1) is 0 Å². The molecule has 5 heteroatoms. The number of carbonyl (C=O) groups is 1. The molecule has 0 saturated carbocycles. The fraction of sp³-hybridized carbons (Fsp3) is 0.190. The summed E-state index contributed by atoms with van der Waals surface area (Å²) in [5, 5.41) is 6.13. The third kappa shape index (κ3) is 4.89. The molecule has 1 aromatic heterocycles. The third-order valence-electron chi connectivity index (χ3n) is 3.94. The Balaban J connectivity index is 1.64. The van der Waals surface area contributed by atoms with E-state index in [1.165, 1.54) is 11.1 Å². The molecule has 3 aromatic rings. The molecule has 132 valence electrons. The van der Waals surface area contributed by atoms with Gasteiger partial charge in [0.2, 0.25) is 0 Å². The summed E-state index contributed by atoms with van der Waals surface area (Å²) in [6.45, 7) is 4.38. The van der Waals surface area contributed by atoms with Crippen molar-refractivity contribution in [2.24, 2.45) is 0 Å². The normalized spacial score (nSPS) is 10.4. The highest BCUT2D eigenvalue weighted by atomic mass is 16.1. The first kappa shape index (κ1) is 17.6. The van der Waals surface area contributed by atoms with E-state index in [2.05, 4.69) is 20.6 Å². The highest BCUT2D eigenvalue weighted by Gasteiger charge is 2.10. The van der Waals surface area contributed by atoms with Gasteiger partial charge in [0.25, 0.3) is 5.91 Å². The lowest BCUT2D eigenvalue weighted by molar-refractivity contribution is 0.0949. The maximum absolute atomic E-state index is 12.4. The Kier molecular flexibility index (Phi) is 5.59. The fourth-order valence-electron chi connectivity index (χ4n) is 2.59. The molecule has 0 aliphatic carbocycles. The molecule has 0 aliphatic heterocycles. The standard InChI is InChI=1S/C21H22N4O/c1-15-8-10-18(11-9-15)25-20-14-19(23-16(2)24-20)21(26)22-13-12-17-6-4-3-5-7-17/h3-11,14H,12-13H2,1-2H3,(H,22,26)(H,23,24,25). The molecular weight excluding hydrogens is 324 g/mol. The van der Waals surface area contributed by atoms with E-state index in [4.69, 9.17) is 0 Å². The Morgan fingerprint density at radius 1 is 0.962 bits per heavy atom. The van der Waals surface area contributed by atoms with Crippen molar-refractivity contribution in [2.75, 3.05) is 11.9 Å². The number of nitrogens with zero attached hydrogens (tertiary/aromatic N) is 2. The van der Waals surface area contributed by atoms with Crippen LogP contribution < -0.4 is 10.6 Å². The van der Waals surface area contributed by atoms with Gasteiger partial charge in [0, 0.05) is 18.3 Å². The summed E-state index contributed by atoms with van der Waals surface area (Å²) >= 11 is 0. The number of anilines is 2. The largest absolute Gasteiger partial charge is 0.350 e. The van der Waals surface area contributed by atoms with E-state index in [0.717, 1.165) is 12.1 Å². The first-order valence-electron chi connectivity index (χ1n) is 8.62. The Labute approximate surface area is 153 Å². The van der Waals surface area contributed by atoms with Crippen LogP contribution in [0.25, 0.3) is 0 Å². The highest BCUT2D eigenvalue weighted by molar-refractivity contribution is 5.93. The number of benzene rings is 2. The van der Waals surface area contributed by atoms with Crippen molar-refractivity contribution in [3.8, 4) is 0 Å². The molecule has 0 fully saturated rings. The van der Waals surface area contributed by atoms with Crippen molar-refractivity contribution in [1.29, 1.82) is 0 Å². The van der Waals surface area contributed by atoms with Gasteiger partial charge in [-0.25, -0.2) is 9.97 Å². The zero-order valence-corrected chi connectivity index (χ0v) is 15.0.